The third-order valence-corrected chi connectivity index (χ3v) is 2.95. The SMILES string of the molecule is COc1ccccc1CC(=O)c1ccccc1OC(F)F. The molecule has 21 heavy (non-hydrogen) atoms. The zero-order valence-corrected chi connectivity index (χ0v) is 11.4. The molecule has 2 aromatic rings. The summed E-state index contributed by atoms with van der Waals surface area (Å²) in [7, 11) is 1.51. The number of carbonyl (C=O) groups excluding carboxylic acids is 1. The average Bonchev–Trinajstić information content (AvgIpc) is 2.47. The highest BCUT2D eigenvalue weighted by molar-refractivity contribution is 6.00. The molecule has 0 unspecified atom stereocenters. The van der Waals surface area contributed by atoms with Crippen LogP contribution in [0.25, 0.3) is 0 Å². The first-order valence-corrected chi connectivity index (χ1v) is 6.30. The quantitative estimate of drug-likeness (QED) is 0.761. The second-order valence-electron chi connectivity index (χ2n) is 4.29. The van der Waals surface area contributed by atoms with Crippen molar-refractivity contribution >= 4 is 5.78 Å². The number of Topliss-reactive ketones (excluding diaryl/α,β-unsaturated/α-hetero) is 1. The predicted molar refractivity (Wildman–Crippen MR) is 74.1 cm³/mol. The summed E-state index contributed by atoms with van der Waals surface area (Å²) < 4.78 is 34.3. The molecule has 110 valence electrons. The molecule has 0 aliphatic heterocycles. The van der Waals surface area contributed by atoms with Crippen LogP contribution in [-0.4, -0.2) is 19.5 Å². The number of hydrogen-bond acceptors (Lipinski definition) is 3. The first-order valence-electron chi connectivity index (χ1n) is 6.30. The number of rotatable bonds is 6. The molecule has 2 rings (SSSR count). The summed E-state index contributed by atoms with van der Waals surface area (Å²) in [5.74, 6) is 0.154. The van der Waals surface area contributed by atoms with Gasteiger partial charge in [-0.05, 0) is 18.2 Å². The Morgan fingerprint density at radius 1 is 1.05 bits per heavy atom. The maximum atomic E-state index is 12.4. The number of ether oxygens (including phenoxy) is 2. The maximum Gasteiger partial charge on any atom is 0.387 e. The van der Waals surface area contributed by atoms with Crippen LogP contribution in [0.15, 0.2) is 48.5 Å². The van der Waals surface area contributed by atoms with Gasteiger partial charge in [0.1, 0.15) is 11.5 Å². The Morgan fingerprint density at radius 3 is 2.33 bits per heavy atom. The normalized spacial score (nSPS) is 10.5. The Morgan fingerprint density at radius 2 is 1.67 bits per heavy atom. The van der Waals surface area contributed by atoms with Gasteiger partial charge in [0.05, 0.1) is 12.7 Å². The van der Waals surface area contributed by atoms with E-state index >= 15 is 0 Å². The van der Waals surface area contributed by atoms with Crippen LogP contribution < -0.4 is 9.47 Å². The molecule has 0 fully saturated rings. The lowest BCUT2D eigenvalue weighted by Gasteiger charge is -2.11. The van der Waals surface area contributed by atoms with Crippen molar-refractivity contribution in [3.63, 3.8) is 0 Å². The number of hydrogen-bond donors (Lipinski definition) is 0. The van der Waals surface area contributed by atoms with Crippen molar-refractivity contribution in [1.82, 2.24) is 0 Å². The van der Waals surface area contributed by atoms with Crippen LogP contribution in [0.5, 0.6) is 11.5 Å². The third kappa shape index (κ3) is 3.78. The van der Waals surface area contributed by atoms with E-state index in [1.165, 1.54) is 25.3 Å². The topological polar surface area (TPSA) is 35.5 Å². The minimum atomic E-state index is -2.97. The molecule has 2 aromatic carbocycles. The second-order valence-corrected chi connectivity index (χ2v) is 4.29. The number of methoxy groups -OCH3 is 1. The average molecular weight is 292 g/mol. The largest absolute Gasteiger partial charge is 0.496 e. The Hall–Kier alpha value is -2.43. The van der Waals surface area contributed by atoms with Crippen molar-refractivity contribution in [3.8, 4) is 11.5 Å². The van der Waals surface area contributed by atoms with Gasteiger partial charge in [0.15, 0.2) is 5.78 Å². The van der Waals surface area contributed by atoms with Gasteiger partial charge in [-0.2, -0.15) is 8.78 Å². The van der Waals surface area contributed by atoms with Gasteiger partial charge in [0.25, 0.3) is 0 Å². The van der Waals surface area contributed by atoms with Crippen LogP contribution in [0.4, 0.5) is 8.78 Å². The van der Waals surface area contributed by atoms with Gasteiger partial charge < -0.3 is 9.47 Å². The summed E-state index contributed by atoms with van der Waals surface area (Å²) >= 11 is 0. The van der Waals surface area contributed by atoms with Crippen LogP contribution >= 0.6 is 0 Å². The minimum Gasteiger partial charge on any atom is -0.496 e. The lowest BCUT2D eigenvalue weighted by atomic mass is 10.0. The number of carbonyl (C=O) groups is 1. The molecular weight excluding hydrogens is 278 g/mol. The van der Waals surface area contributed by atoms with Gasteiger partial charge in [-0.15, -0.1) is 0 Å². The first kappa shape index (κ1) is 15.0. The van der Waals surface area contributed by atoms with E-state index in [2.05, 4.69) is 4.74 Å². The molecule has 0 bridgehead atoms. The molecule has 0 spiro atoms. The van der Waals surface area contributed by atoms with Gasteiger partial charge in [-0.3, -0.25) is 4.79 Å². The number of alkyl halides is 2. The van der Waals surface area contributed by atoms with Crippen molar-refractivity contribution in [3.05, 3.63) is 59.7 Å². The van der Waals surface area contributed by atoms with Crippen molar-refractivity contribution in [2.75, 3.05) is 7.11 Å². The van der Waals surface area contributed by atoms with E-state index in [1.807, 2.05) is 0 Å². The van der Waals surface area contributed by atoms with Crippen molar-refractivity contribution in [2.24, 2.45) is 0 Å². The van der Waals surface area contributed by atoms with Gasteiger partial charge >= 0.3 is 6.61 Å². The van der Waals surface area contributed by atoms with Crippen LogP contribution in [0, 0.1) is 0 Å². The monoisotopic (exact) mass is 292 g/mol. The molecule has 0 aromatic heterocycles. The summed E-state index contributed by atoms with van der Waals surface area (Å²) in [4.78, 5) is 12.3. The van der Waals surface area contributed by atoms with E-state index in [0.717, 1.165) is 0 Å². The van der Waals surface area contributed by atoms with Gasteiger partial charge in [0.2, 0.25) is 0 Å². The highest BCUT2D eigenvalue weighted by Crippen LogP contribution is 2.24. The van der Waals surface area contributed by atoms with Crippen LogP contribution in [0.3, 0.4) is 0 Å². The first-order chi connectivity index (χ1) is 10.1. The molecule has 0 heterocycles. The van der Waals surface area contributed by atoms with E-state index in [0.29, 0.717) is 11.3 Å². The summed E-state index contributed by atoms with van der Waals surface area (Å²) in [5.41, 5.74) is 0.820. The fourth-order valence-corrected chi connectivity index (χ4v) is 2.01. The minimum absolute atomic E-state index is 0.0492. The molecule has 0 radical (unpaired) electrons. The van der Waals surface area contributed by atoms with Gasteiger partial charge in [-0.25, -0.2) is 0 Å². The maximum absolute atomic E-state index is 12.4. The van der Waals surface area contributed by atoms with Gasteiger partial charge in [0, 0.05) is 12.0 Å². The van der Waals surface area contributed by atoms with E-state index < -0.39 is 6.61 Å². The summed E-state index contributed by atoms with van der Waals surface area (Å²) in [6.07, 6.45) is 0.0492. The Balaban J connectivity index is 2.24. The molecule has 3 nitrogen and oxygen atoms in total. The van der Waals surface area contributed by atoms with Crippen LogP contribution in [0.2, 0.25) is 0 Å². The number of para-hydroxylation sites is 2. The number of halogens is 2. The summed E-state index contributed by atoms with van der Waals surface area (Å²) in [6, 6.07) is 13.0. The second kappa shape index (κ2) is 6.83. The molecule has 0 amide bonds. The fraction of sp³-hybridized carbons (Fsp3) is 0.188. The Kier molecular flexibility index (Phi) is 4.87. The Bertz CT molecular complexity index is 626. The lowest BCUT2D eigenvalue weighted by molar-refractivity contribution is -0.0501. The molecule has 0 saturated carbocycles. The zero-order valence-electron chi connectivity index (χ0n) is 11.4. The smallest absolute Gasteiger partial charge is 0.387 e. The zero-order chi connectivity index (χ0) is 15.2. The highest BCUT2D eigenvalue weighted by atomic mass is 19.3. The number of ketones is 1. The van der Waals surface area contributed by atoms with E-state index in [-0.39, 0.29) is 23.5 Å². The lowest BCUT2D eigenvalue weighted by Crippen LogP contribution is -2.10. The van der Waals surface area contributed by atoms with Crippen LogP contribution in [-0.2, 0) is 6.42 Å². The molecule has 5 heteroatoms. The Labute approximate surface area is 121 Å². The van der Waals surface area contributed by atoms with Gasteiger partial charge in [-0.1, -0.05) is 30.3 Å². The molecule has 0 saturated heterocycles. The summed E-state index contributed by atoms with van der Waals surface area (Å²) in [6.45, 7) is -2.97. The predicted octanol–water partition coefficient (Wildman–Crippen LogP) is 3.72. The molecular formula is C16H14F2O3. The highest BCUT2D eigenvalue weighted by Gasteiger charge is 2.17. The molecule has 0 atom stereocenters. The molecule has 0 N–H and O–H groups in total. The fourth-order valence-electron chi connectivity index (χ4n) is 2.01. The van der Waals surface area contributed by atoms with E-state index in [1.54, 1.807) is 30.3 Å². The third-order valence-electron chi connectivity index (χ3n) is 2.95. The van der Waals surface area contributed by atoms with Crippen molar-refractivity contribution in [1.29, 1.82) is 0 Å². The van der Waals surface area contributed by atoms with Crippen molar-refractivity contribution in [2.45, 2.75) is 13.0 Å². The van der Waals surface area contributed by atoms with Crippen molar-refractivity contribution < 1.29 is 23.0 Å². The standard InChI is InChI=1S/C16H14F2O3/c1-20-14-8-4-2-6-11(14)10-13(19)12-7-3-5-9-15(12)21-16(17)18/h2-9,16H,10H2,1H3. The molecule has 0 aliphatic carbocycles. The van der Waals surface area contributed by atoms with E-state index in [9.17, 15) is 13.6 Å². The molecule has 0 aliphatic rings. The number of benzene rings is 2. The summed E-state index contributed by atoms with van der Waals surface area (Å²) in [5, 5.41) is 0. The van der Waals surface area contributed by atoms with Crippen LogP contribution in [0.1, 0.15) is 15.9 Å². The van der Waals surface area contributed by atoms with E-state index in [4.69, 9.17) is 4.74 Å².